The number of nitrogens with one attached hydrogen (secondary N) is 1. The second-order valence-corrected chi connectivity index (χ2v) is 3.61. The van der Waals surface area contributed by atoms with Crippen molar-refractivity contribution in [2.75, 3.05) is 20.3 Å². The van der Waals surface area contributed by atoms with Crippen LogP contribution in [0.2, 0.25) is 0 Å². The van der Waals surface area contributed by atoms with Crippen molar-refractivity contribution in [2.24, 2.45) is 0 Å². The average Bonchev–Trinajstić information content (AvgIpc) is 2.75. The van der Waals surface area contributed by atoms with Crippen molar-refractivity contribution < 1.29 is 32.2 Å². The fraction of sp³-hybridized carbons (Fsp3) is 0.455. The molecule has 0 aliphatic rings. The first kappa shape index (κ1) is 15.2. The van der Waals surface area contributed by atoms with E-state index in [1.165, 1.54) is 13.2 Å². The van der Waals surface area contributed by atoms with Crippen LogP contribution in [0.3, 0.4) is 0 Å². The first-order chi connectivity index (χ1) is 8.84. The van der Waals surface area contributed by atoms with Crippen LogP contribution in [-0.2, 0) is 20.7 Å². The van der Waals surface area contributed by atoms with Gasteiger partial charge in [-0.1, -0.05) is 0 Å². The van der Waals surface area contributed by atoms with Crippen LogP contribution in [0.4, 0.5) is 13.2 Å². The van der Waals surface area contributed by atoms with Gasteiger partial charge in [0, 0.05) is 12.8 Å². The maximum absolute atomic E-state index is 12.1. The molecule has 1 aromatic heterocycles. The van der Waals surface area contributed by atoms with E-state index < -0.39 is 23.6 Å². The van der Waals surface area contributed by atoms with Crippen LogP contribution in [0.5, 0.6) is 0 Å². The molecule has 0 aromatic carbocycles. The Morgan fingerprint density at radius 1 is 1.26 bits per heavy atom. The number of aromatic nitrogens is 1. The smallest absolute Gasteiger partial charge is 0.456 e. The maximum Gasteiger partial charge on any atom is 0.456 e. The molecule has 0 unspecified atom stereocenters. The number of methoxy groups -OCH3 is 1. The molecule has 1 N–H and O–H groups in total. The van der Waals surface area contributed by atoms with E-state index in [1.54, 1.807) is 0 Å². The number of hydrogen-bond donors (Lipinski definition) is 1. The molecular formula is C11H12F3NO4. The van der Waals surface area contributed by atoms with Gasteiger partial charge in [-0.05, 0) is 12.1 Å². The quantitative estimate of drug-likeness (QED) is 0.486. The summed E-state index contributed by atoms with van der Waals surface area (Å²) >= 11 is 0. The monoisotopic (exact) mass is 279 g/mol. The second-order valence-electron chi connectivity index (χ2n) is 3.61. The van der Waals surface area contributed by atoms with Crippen molar-refractivity contribution in [3.63, 3.8) is 0 Å². The molecule has 0 atom stereocenters. The third kappa shape index (κ3) is 4.74. The van der Waals surface area contributed by atoms with E-state index in [1.807, 2.05) is 0 Å². The lowest BCUT2D eigenvalue weighted by Crippen LogP contribution is -2.23. The topological polar surface area (TPSA) is 68.4 Å². The van der Waals surface area contributed by atoms with Crippen LogP contribution >= 0.6 is 0 Å². The van der Waals surface area contributed by atoms with Crippen molar-refractivity contribution in [2.45, 2.75) is 12.6 Å². The highest BCUT2D eigenvalue weighted by Gasteiger charge is 2.40. The molecule has 0 radical (unpaired) electrons. The molecule has 106 valence electrons. The summed E-state index contributed by atoms with van der Waals surface area (Å²) in [4.78, 5) is 24.4. The van der Waals surface area contributed by atoms with Crippen molar-refractivity contribution in [1.82, 2.24) is 4.98 Å². The Bertz CT molecular complexity index is 453. The van der Waals surface area contributed by atoms with Crippen molar-refractivity contribution >= 4 is 11.8 Å². The number of hydrogen-bond acceptors (Lipinski definition) is 4. The third-order valence-corrected chi connectivity index (χ3v) is 2.13. The van der Waals surface area contributed by atoms with Crippen molar-refractivity contribution in [1.29, 1.82) is 0 Å². The average molecular weight is 279 g/mol. The van der Waals surface area contributed by atoms with Crippen molar-refractivity contribution in [3.8, 4) is 0 Å². The summed E-state index contributed by atoms with van der Waals surface area (Å²) in [6, 6.07) is 2.21. The van der Waals surface area contributed by atoms with Gasteiger partial charge < -0.3 is 14.5 Å². The summed E-state index contributed by atoms with van der Waals surface area (Å²) in [6.07, 6.45) is -5.18. The lowest BCUT2D eigenvalue weighted by molar-refractivity contribution is -0.144. The summed E-state index contributed by atoms with van der Waals surface area (Å²) in [6.45, 7) is 0.290. The molecule has 1 aromatic rings. The number of ketones is 1. The molecule has 0 aliphatic heterocycles. The standard InChI is InChI=1S/C11H12F3NO4/c1-18-4-5-19-9(16)6-7-2-3-8(15-7)10(17)11(12,13)14/h2-3,15H,4-6H2,1H3. The predicted octanol–water partition coefficient (Wildman–Crippen LogP) is 1.49. The molecule has 1 rings (SSSR count). The molecule has 0 saturated carbocycles. The summed E-state index contributed by atoms with van der Waals surface area (Å²) in [5, 5.41) is 0. The molecule has 0 aliphatic carbocycles. The van der Waals surface area contributed by atoms with E-state index in [0.717, 1.165) is 6.07 Å². The van der Waals surface area contributed by atoms with E-state index in [0.29, 0.717) is 0 Å². The highest BCUT2D eigenvalue weighted by molar-refractivity contribution is 5.98. The fourth-order valence-electron chi connectivity index (χ4n) is 1.27. The zero-order valence-corrected chi connectivity index (χ0v) is 10.0. The van der Waals surface area contributed by atoms with E-state index >= 15 is 0 Å². The van der Waals surface area contributed by atoms with Crippen molar-refractivity contribution in [3.05, 3.63) is 23.5 Å². The molecule has 0 saturated heterocycles. The minimum Gasteiger partial charge on any atom is -0.463 e. The molecule has 0 spiro atoms. The van der Waals surface area contributed by atoms with Crippen LogP contribution in [0.1, 0.15) is 16.2 Å². The van der Waals surface area contributed by atoms with E-state index in [2.05, 4.69) is 9.72 Å². The van der Waals surface area contributed by atoms with Gasteiger partial charge in [0.2, 0.25) is 0 Å². The number of ether oxygens (including phenoxy) is 2. The first-order valence-electron chi connectivity index (χ1n) is 5.28. The normalized spacial score (nSPS) is 11.4. The number of Topliss-reactive ketones (excluding diaryl/α,β-unsaturated/α-hetero) is 1. The van der Waals surface area contributed by atoms with Gasteiger partial charge >= 0.3 is 12.1 Å². The molecule has 0 fully saturated rings. The number of rotatable bonds is 6. The molecular weight excluding hydrogens is 267 g/mol. The van der Waals surface area contributed by atoms with Gasteiger partial charge in [-0.15, -0.1) is 0 Å². The van der Waals surface area contributed by atoms with E-state index in [-0.39, 0.29) is 25.3 Å². The summed E-state index contributed by atoms with van der Waals surface area (Å²) < 4.78 is 45.8. The molecule has 5 nitrogen and oxygen atoms in total. The van der Waals surface area contributed by atoms with Crippen LogP contribution in [0, 0.1) is 0 Å². The van der Waals surface area contributed by atoms with E-state index in [4.69, 9.17) is 4.74 Å². The largest absolute Gasteiger partial charge is 0.463 e. The number of esters is 1. The van der Waals surface area contributed by atoms with Gasteiger partial charge in [-0.2, -0.15) is 13.2 Å². The highest BCUT2D eigenvalue weighted by atomic mass is 19.4. The lowest BCUT2D eigenvalue weighted by Gasteiger charge is -2.03. The Kier molecular flexibility index (Phi) is 5.11. The third-order valence-electron chi connectivity index (χ3n) is 2.13. The molecule has 19 heavy (non-hydrogen) atoms. The van der Waals surface area contributed by atoms with Crippen LogP contribution in [-0.4, -0.2) is 43.2 Å². The number of H-pyrrole nitrogens is 1. The minimum atomic E-state index is -4.94. The van der Waals surface area contributed by atoms with Crippen LogP contribution < -0.4 is 0 Å². The van der Waals surface area contributed by atoms with Crippen LogP contribution in [0.25, 0.3) is 0 Å². The Morgan fingerprint density at radius 3 is 2.53 bits per heavy atom. The van der Waals surface area contributed by atoms with Gasteiger partial charge in [-0.25, -0.2) is 0 Å². The van der Waals surface area contributed by atoms with Gasteiger partial charge in [0.15, 0.2) is 0 Å². The Labute approximate surface area is 106 Å². The Hall–Kier alpha value is -1.83. The molecule has 0 amide bonds. The maximum atomic E-state index is 12.1. The highest BCUT2D eigenvalue weighted by Crippen LogP contribution is 2.21. The number of halogens is 3. The molecule has 0 bridgehead atoms. The van der Waals surface area contributed by atoms with Gasteiger partial charge in [0.05, 0.1) is 18.7 Å². The van der Waals surface area contributed by atoms with Gasteiger partial charge in [0.25, 0.3) is 5.78 Å². The van der Waals surface area contributed by atoms with E-state index in [9.17, 15) is 22.8 Å². The Morgan fingerprint density at radius 2 is 1.95 bits per heavy atom. The summed E-state index contributed by atoms with van der Waals surface area (Å²) in [7, 11) is 1.44. The van der Waals surface area contributed by atoms with Crippen LogP contribution in [0.15, 0.2) is 12.1 Å². The van der Waals surface area contributed by atoms with Gasteiger partial charge in [-0.3, -0.25) is 9.59 Å². The fourth-order valence-corrected chi connectivity index (χ4v) is 1.27. The Balaban J connectivity index is 2.56. The summed E-state index contributed by atoms with van der Waals surface area (Å²) in [5.41, 5.74) is -0.429. The summed E-state index contributed by atoms with van der Waals surface area (Å²) in [5.74, 6) is -2.60. The molecule has 1 heterocycles. The SMILES string of the molecule is COCCOC(=O)Cc1ccc(C(=O)C(F)(F)F)[nH]1. The zero-order valence-electron chi connectivity index (χ0n) is 10.0. The second kappa shape index (κ2) is 6.37. The number of carbonyl (C=O) groups is 2. The van der Waals surface area contributed by atoms with Gasteiger partial charge in [0.1, 0.15) is 6.61 Å². The zero-order chi connectivity index (χ0) is 14.5. The first-order valence-corrected chi connectivity index (χ1v) is 5.28. The number of carbonyl (C=O) groups excluding carboxylic acids is 2. The predicted molar refractivity (Wildman–Crippen MR) is 57.7 cm³/mol. The molecule has 8 heteroatoms. The minimum absolute atomic E-state index is 0.0599. The number of aromatic amines is 1. The number of alkyl halides is 3. The lowest BCUT2D eigenvalue weighted by atomic mass is 10.3.